The summed E-state index contributed by atoms with van der Waals surface area (Å²) in [5.74, 6) is 2.48. The molecule has 2 atom stereocenters. The summed E-state index contributed by atoms with van der Waals surface area (Å²) < 4.78 is 16.9. The summed E-state index contributed by atoms with van der Waals surface area (Å²) in [6.07, 6.45) is 3.09. The van der Waals surface area contributed by atoms with Crippen LogP contribution in [0, 0.1) is 5.92 Å². The van der Waals surface area contributed by atoms with Gasteiger partial charge in [0.05, 0.1) is 33.9 Å². The van der Waals surface area contributed by atoms with Crippen molar-refractivity contribution in [1.29, 1.82) is 0 Å². The molecule has 0 spiro atoms. The van der Waals surface area contributed by atoms with Crippen LogP contribution in [-0.4, -0.2) is 51.7 Å². The zero-order valence-corrected chi connectivity index (χ0v) is 18.5. The Balaban J connectivity index is 1.67. The van der Waals surface area contributed by atoms with Gasteiger partial charge in [-0.25, -0.2) is 0 Å². The van der Waals surface area contributed by atoms with Crippen LogP contribution in [0.3, 0.4) is 0 Å². The molecule has 0 aromatic heterocycles. The fourth-order valence-electron chi connectivity index (χ4n) is 3.91. The lowest BCUT2D eigenvalue weighted by molar-refractivity contribution is -0.905. The average Bonchev–Trinajstić information content (AvgIpc) is 3.59. The molecule has 1 unspecified atom stereocenters. The van der Waals surface area contributed by atoms with Gasteiger partial charge >= 0.3 is 0 Å². The normalized spacial score (nSPS) is 15.8. The summed E-state index contributed by atoms with van der Waals surface area (Å²) in [7, 11) is 3.32. The van der Waals surface area contributed by atoms with Crippen molar-refractivity contribution in [3.05, 3.63) is 59.7 Å². The van der Waals surface area contributed by atoms with Crippen molar-refractivity contribution in [2.75, 3.05) is 40.5 Å². The van der Waals surface area contributed by atoms with E-state index in [4.69, 9.17) is 14.2 Å². The van der Waals surface area contributed by atoms with Crippen LogP contribution in [0.15, 0.2) is 48.5 Å². The van der Waals surface area contributed by atoms with Gasteiger partial charge in [-0.3, -0.25) is 0 Å². The molecule has 0 saturated heterocycles. The number of hydrogen-bond donors (Lipinski definition) is 2. The van der Waals surface area contributed by atoms with Crippen LogP contribution in [-0.2, 0) is 4.74 Å². The van der Waals surface area contributed by atoms with Crippen molar-refractivity contribution in [2.45, 2.75) is 38.4 Å². The third kappa shape index (κ3) is 6.73. The average molecular weight is 415 g/mol. The van der Waals surface area contributed by atoms with Gasteiger partial charge in [-0.1, -0.05) is 31.2 Å². The topological polar surface area (TPSA) is 52.4 Å². The molecule has 5 nitrogen and oxygen atoms in total. The number of quaternary nitrogens is 1. The number of benzene rings is 2. The van der Waals surface area contributed by atoms with Crippen LogP contribution in [0.1, 0.15) is 43.4 Å². The smallest absolute Gasteiger partial charge is 0.126 e. The summed E-state index contributed by atoms with van der Waals surface area (Å²) in [5.41, 5.74) is 2.06. The molecule has 1 saturated carbocycles. The summed E-state index contributed by atoms with van der Waals surface area (Å²) >= 11 is 0. The molecular weight excluding hydrogens is 378 g/mol. The van der Waals surface area contributed by atoms with E-state index >= 15 is 0 Å². The molecule has 5 heteroatoms. The molecule has 1 aliphatic rings. The fourth-order valence-corrected chi connectivity index (χ4v) is 3.91. The lowest BCUT2D eigenvalue weighted by Gasteiger charge is -2.24. The number of aliphatic hydroxyl groups is 1. The van der Waals surface area contributed by atoms with Gasteiger partial charge in [0.1, 0.15) is 30.3 Å². The molecule has 2 N–H and O–H groups in total. The summed E-state index contributed by atoms with van der Waals surface area (Å²) in [6.45, 7) is 5.53. The minimum atomic E-state index is -0.482. The molecule has 2 aromatic rings. The van der Waals surface area contributed by atoms with Crippen molar-refractivity contribution in [3.8, 4) is 11.5 Å². The Hall–Kier alpha value is -2.08. The maximum Gasteiger partial charge on any atom is 0.126 e. The minimum absolute atomic E-state index is 0.255. The number of rotatable bonds is 13. The van der Waals surface area contributed by atoms with E-state index in [1.807, 2.05) is 48.5 Å². The summed E-state index contributed by atoms with van der Waals surface area (Å²) in [5, 5.41) is 10.7. The highest BCUT2D eigenvalue weighted by atomic mass is 16.5. The predicted octanol–water partition coefficient (Wildman–Crippen LogP) is 2.88. The lowest BCUT2D eigenvalue weighted by atomic mass is 10.0. The summed E-state index contributed by atoms with van der Waals surface area (Å²) in [4.78, 5) is 1.49. The first-order valence-electron chi connectivity index (χ1n) is 11.0. The van der Waals surface area contributed by atoms with Crippen molar-refractivity contribution in [1.82, 2.24) is 0 Å². The Bertz CT molecular complexity index is 695. The molecule has 164 valence electrons. The Kier molecular flexibility index (Phi) is 8.55. The van der Waals surface area contributed by atoms with Crippen LogP contribution in [0.2, 0.25) is 0 Å². The number of ether oxygens (including phenoxy) is 3. The summed E-state index contributed by atoms with van der Waals surface area (Å²) in [6, 6.07) is 15.8. The van der Waals surface area contributed by atoms with Crippen molar-refractivity contribution in [3.63, 3.8) is 0 Å². The highest BCUT2D eigenvalue weighted by Gasteiger charge is 2.28. The Labute approximate surface area is 180 Å². The first-order chi connectivity index (χ1) is 14.6. The molecule has 0 amide bonds. The standard InChI is InChI=1S/C25H35NO4/c1-4-15-26(16-19-5-6-19)17-22(27)18-30-25(20-7-11-23(28-2)12-8-20)21-9-13-24(29-3)14-10-21/h7-14,19,22,25,27H,4-6,15-18H2,1-3H3/p+1/t22-/m0/s1. The third-order valence-electron chi connectivity index (χ3n) is 5.69. The van der Waals surface area contributed by atoms with E-state index in [0.717, 1.165) is 48.1 Å². The second-order valence-corrected chi connectivity index (χ2v) is 8.27. The molecule has 0 radical (unpaired) electrons. The highest BCUT2D eigenvalue weighted by molar-refractivity contribution is 5.36. The van der Waals surface area contributed by atoms with E-state index in [9.17, 15) is 5.11 Å². The van der Waals surface area contributed by atoms with Crippen LogP contribution in [0.25, 0.3) is 0 Å². The monoisotopic (exact) mass is 414 g/mol. The molecule has 0 aliphatic heterocycles. The Morgan fingerprint density at radius 1 is 0.933 bits per heavy atom. The van der Waals surface area contributed by atoms with E-state index in [1.54, 1.807) is 14.2 Å². The van der Waals surface area contributed by atoms with Gasteiger partial charge in [0.25, 0.3) is 0 Å². The molecule has 0 heterocycles. The molecule has 2 aromatic carbocycles. The zero-order valence-electron chi connectivity index (χ0n) is 18.5. The molecule has 1 fully saturated rings. The first-order valence-corrected chi connectivity index (χ1v) is 11.0. The SMILES string of the molecule is CCC[NH+](CC1CC1)C[C@H](O)COC(c1ccc(OC)cc1)c1ccc(OC)cc1. The van der Waals surface area contributed by atoms with E-state index in [0.29, 0.717) is 6.61 Å². The second kappa shape index (κ2) is 11.3. The Morgan fingerprint density at radius 2 is 1.47 bits per heavy atom. The number of aliphatic hydroxyl groups excluding tert-OH is 1. The van der Waals surface area contributed by atoms with E-state index in [1.165, 1.54) is 24.3 Å². The zero-order chi connectivity index (χ0) is 21.3. The first kappa shape index (κ1) is 22.6. The number of nitrogens with one attached hydrogen (secondary N) is 1. The van der Waals surface area contributed by atoms with Crippen molar-refractivity contribution < 1.29 is 24.2 Å². The van der Waals surface area contributed by atoms with E-state index < -0.39 is 6.10 Å². The van der Waals surface area contributed by atoms with E-state index in [2.05, 4.69) is 6.92 Å². The molecular formula is C25H36NO4+. The minimum Gasteiger partial charge on any atom is -0.497 e. The van der Waals surface area contributed by atoms with Gasteiger partial charge in [-0.05, 0) is 54.7 Å². The predicted molar refractivity (Wildman–Crippen MR) is 118 cm³/mol. The van der Waals surface area contributed by atoms with Gasteiger partial charge in [0.15, 0.2) is 0 Å². The molecule has 1 aliphatic carbocycles. The van der Waals surface area contributed by atoms with Crippen LogP contribution in [0.5, 0.6) is 11.5 Å². The van der Waals surface area contributed by atoms with Gasteiger partial charge in [-0.15, -0.1) is 0 Å². The van der Waals surface area contributed by atoms with Crippen LogP contribution >= 0.6 is 0 Å². The fraction of sp³-hybridized carbons (Fsp3) is 0.520. The maximum absolute atomic E-state index is 10.7. The molecule has 0 bridgehead atoms. The molecule has 3 rings (SSSR count). The largest absolute Gasteiger partial charge is 0.497 e. The highest BCUT2D eigenvalue weighted by Crippen LogP contribution is 2.29. The van der Waals surface area contributed by atoms with Gasteiger partial charge in [-0.2, -0.15) is 0 Å². The van der Waals surface area contributed by atoms with Crippen molar-refractivity contribution >= 4 is 0 Å². The van der Waals surface area contributed by atoms with Gasteiger partial charge < -0.3 is 24.2 Å². The second-order valence-electron chi connectivity index (χ2n) is 8.27. The van der Waals surface area contributed by atoms with Gasteiger partial charge in [0, 0.05) is 5.92 Å². The van der Waals surface area contributed by atoms with E-state index in [-0.39, 0.29) is 6.10 Å². The van der Waals surface area contributed by atoms with Crippen LogP contribution in [0.4, 0.5) is 0 Å². The number of hydrogen-bond acceptors (Lipinski definition) is 4. The number of methoxy groups -OCH3 is 2. The Morgan fingerprint density at radius 3 is 1.90 bits per heavy atom. The van der Waals surface area contributed by atoms with Crippen LogP contribution < -0.4 is 14.4 Å². The maximum atomic E-state index is 10.7. The van der Waals surface area contributed by atoms with Crippen molar-refractivity contribution in [2.24, 2.45) is 5.92 Å². The third-order valence-corrected chi connectivity index (χ3v) is 5.69. The van der Waals surface area contributed by atoms with Gasteiger partial charge in [0.2, 0.25) is 0 Å². The molecule has 30 heavy (non-hydrogen) atoms. The quantitative estimate of drug-likeness (QED) is 0.529. The lowest BCUT2D eigenvalue weighted by Crippen LogP contribution is -3.13.